The Labute approximate surface area is 97.5 Å². The number of rotatable bonds is 9. The minimum absolute atomic E-state index is 0.237. The molecule has 0 aromatic heterocycles. The van der Waals surface area contributed by atoms with Gasteiger partial charge in [0.2, 0.25) is 0 Å². The van der Waals surface area contributed by atoms with E-state index in [2.05, 4.69) is 4.74 Å². The molecule has 0 fully saturated rings. The molecule has 0 amide bonds. The highest BCUT2D eigenvalue weighted by Crippen LogP contribution is 2.30. The van der Waals surface area contributed by atoms with E-state index in [-0.39, 0.29) is 11.2 Å². The van der Waals surface area contributed by atoms with E-state index in [1.807, 2.05) is 6.92 Å². The van der Waals surface area contributed by atoms with Crippen molar-refractivity contribution >= 4 is 34.0 Å². The molecule has 1 unspecified atom stereocenters. The third-order valence-corrected chi connectivity index (χ3v) is 4.90. The Balaban J connectivity index is 3.62. The first-order valence-corrected chi connectivity index (χ1v) is 7.06. The molecule has 0 aliphatic rings. The summed E-state index contributed by atoms with van der Waals surface area (Å²) in [5, 5.41) is 8.89. The van der Waals surface area contributed by atoms with E-state index in [0.29, 0.717) is 18.8 Å². The van der Waals surface area contributed by atoms with E-state index < -0.39 is 5.97 Å². The normalized spacial score (nSPS) is 14.3. The van der Waals surface area contributed by atoms with Gasteiger partial charge in [-0.2, -0.15) is 0 Å². The summed E-state index contributed by atoms with van der Waals surface area (Å²) >= 11 is 0. The highest BCUT2D eigenvalue weighted by Gasteiger charge is 2.13. The fourth-order valence-electron chi connectivity index (χ4n) is 0.669. The van der Waals surface area contributed by atoms with Gasteiger partial charge in [-0.25, -0.2) is 0 Å². The lowest BCUT2D eigenvalue weighted by Crippen LogP contribution is -2.13. The van der Waals surface area contributed by atoms with Crippen LogP contribution in [0.4, 0.5) is 0 Å². The van der Waals surface area contributed by atoms with Gasteiger partial charge in [-0.15, -0.1) is 0 Å². The number of carbonyl (C=O) groups excluding carboxylic acids is 1. The van der Waals surface area contributed by atoms with Crippen LogP contribution in [0.15, 0.2) is 0 Å². The van der Waals surface area contributed by atoms with Gasteiger partial charge in [-0.1, -0.05) is 35.4 Å². The molecule has 0 spiro atoms. The lowest BCUT2D eigenvalue weighted by molar-refractivity contribution is -0.140. The second-order valence-corrected chi connectivity index (χ2v) is 5.79. The summed E-state index contributed by atoms with van der Waals surface area (Å²) in [5.74, 6) is -0.551. The number of ether oxygens (including phenoxy) is 1. The third-order valence-electron chi connectivity index (χ3n) is 1.75. The molecule has 0 aliphatic carbocycles. The van der Waals surface area contributed by atoms with Crippen molar-refractivity contribution in [1.29, 1.82) is 0 Å². The summed E-state index contributed by atoms with van der Waals surface area (Å²) in [6, 6.07) is 0. The Morgan fingerprint density at radius 2 is 2.27 bits per heavy atom. The van der Waals surface area contributed by atoms with Gasteiger partial charge in [0.05, 0.1) is 5.92 Å². The molecule has 0 aliphatic heterocycles. The zero-order valence-corrected chi connectivity index (χ0v) is 10.5. The highest BCUT2D eigenvalue weighted by atomic mass is 33.1. The molecule has 15 heavy (non-hydrogen) atoms. The van der Waals surface area contributed by atoms with Gasteiger partial charge in [0.15, 0.2) is 0 Å². The van der Waals surface area contributed by atoms with Crippen LogP contribution in [0.1, 0.15) is 20.3 Å². The molecule has 1 N–H and O–H groups in total. The molecule has 6 heteroatoms. The van der Waals surface area contributed by atoms with Gasteiger partial charge in [-0.3, -0.25) is 9.59 Å². The average molecular weight is 252 g/mol. The highest BCUT2D eigenvalue weighted by molar-refractivity contribution is 8.76. The van der Waals surface area contributed by atoms with Gasteiger partial charge in [0, 0.05) is 11.0 Å². The van der Waals surface area contributed by atoms with Crippen molar-refractivity contribution in [2.24, 2.45) is 5.92 Å². The first kappa shape index (κ1) is 14.6. The standard InChI is InChI=1S/C9H16O4S2/c1-3-8(4-13-6-10)15-14-5-7(2)9(11)12/h6-8H,3-5H2,1-2H3,(H,11,12)/t7-,8?/m0/s1. The molecule has 88 valence electrons. The molecule has 0 aromatic carbocycles. The van der Waals surface area contributed by atoms with Gasteiger partial charge in [-0.05, 0) is 6.42 Å². The maximum absolute atomic E-state index is 10.5. The van der Waals surface area contributed by atoms with E-state index in [0.717, 1.165) is 6.42 Å². The molecule has 0 heterocycles. The van der Waals surface area contributed by atoms with Gasteiger partial charge < -0.3 is 9.84 Å². The zero-order valence-electron chi connectivity index (χ0n) is 8.84. The average Bonchev–Trinajstić information content (AvgIpc) is 2.22. The lowest BCUT2D eigenvalue weighted by atomic mass is 10.2. The van der Waals surface area contributed by atoms with Crippen molar-refractivity contribution in [2.45, 2.75) is 25.5 Å². The first-order chi connectivity index (χ1) is 7.11. The summed E-state index contributed by atoms with van der Waals surface area (Å²) < 4.78 is 4.66. The molecule has 0 saturated heterocycles. The number of carbonyl (C=O) groups is 2. The number of aliphatic carboxylic acids is 1. The Morgan fingerprint density at radius 3 is 2.73 bits per heavy atom. The molecular formula is C9H16O4S2. The van der Waals surface area contributed by atoms with Gasteiger partial charge >= 0.3 is 5.97 Å². The summed E-state index contributed by atoms with van der Waals surface area (Å²) in [6.07, 6.45) is 0.896. The molecular weight excluding hydrogens is 236 g/mol. The van der Waals surface area contributed by atoms with E-state index >= 15 is 0 Å². The quantitative estimate of drug-likeness (QED) is 0.500. The van der Waals surface area contributed by atoms with Crippen molar-refractivity contribution in [2.75, 3.05) is 12.4 Å². The third kappa shape index (κ3) is 7.56. The topological polar surface area (TPSA) is 63.6 Å². The van der Waals surface area contributed by atoms with Crippen LogP contribution in [0.25, 0.3) is 0 Å². The van der Waals surface area contributed by atoms with Gasteiger partial charge in [0.25, 0.3) is 6.47 Å². The van der Waals surface area contributed by atoms with Crippen LogP contribution in [0, 0.1) is 5.92 Å². The van der Waals surface area contributed by atoms with Crippen molar-refractivity contribution in [1.82, 2.24) is 0 Å². The van der Waals surface area contributed by atoms with Crippen LogP contribution in [-0.4, -0.2) is 35.2 Å². The molecule has 0 saturated carbocycles. The van der Waals surface area contributed by atoms with Crippen molar-refractivity contribution in [3.63, 3.8) is 0 Å². The summed E-state index contributed by atoms with van der Waals surface area (Å²) in [7, 11) is 3.09. The van der Waals surface area contributed by atoms with E-state index in [9.17, 15) is 9.59 Å². The lowest BCUT2D eigenvalue weighted by Gasteiger charge is -2.12. The monoisotopic (exact) mass is 252 g/mol. The van der Waals surface area contributed by atoms with Crippen molar-refractivity contribution in [3.8, 4) is 0 Å². The maximum Gasteiger partial charge on any atom is 0.307 e. The molecule has 0 rings (SSSR count). The molecule has 2 atom stereocenters. The van der Waals surface area contributed by atoms with Crippen LogP contribution in [0.3, 0.4) is 0 Å². The smallest absolute Gasteiger partial charge is 0.307 e. The minimum atomic E-state index is -0.778. The predicted molar refractivity (Wildman–Crippen MR) is 62.9 cm³/mol. The summed E-state index contributed by atoms with van der Waals surface area (Å²) in [6.45, 7) is 4.51. The Hall–Kier alpha value is -0.360. The molecule has 0 bridgehead atoms. The molecule has 0 radical (unpaired) electrons. The zero-order chi connectivity index (χ0) is 11.7. The second kappa shape index (κ2) is 8.91. The van der Waals surface area contributed by atoms with E-state index in [4.69, 9.17) is 5.11 Å². The number of carboxylic acids is 1. The Bertz CT molecular complexity index is 199. The van der Waals surface area contributed by atoms with Crippen LogP contribution < -0.4 is 0 Å². The first-order valence-electron chi connectivity index (χ1n) is 4.68. The second-order valence-electron chi connectivity index (χ2n) is 3.08. The van der Waals surface area contributed by atoms with Crippen LogP contribution in [-0.2, 0) is 14.3 Å². The van der Waals surface area contributed by atoms with Crippen LogP contribution in [0.5, 0.6) is 0 Å². The summed E-state index contributed by atoms with van der Waals surface area (Å²) in [4.78, 5) is 20.5. The fraction of sp³-hybridized carbons (Fsp3) is 0.778. The maximum atomic E-state index is 10.5. The largest absolute Gasteiger partial charge is 0.481 e. The van der Waals surface area contributed by atoms with Crippen LogP contribution in [0.2, 0.25) is 0 Å². The van der Waals surface area contributed by atoms with E-state index in [1.54, 1.807) is 17.7 Å². The SMILES string of the molecule is CCC(COC=O)SSC[C@H](C)C(=O)O. The van der Waals surface area contributed by atoms with Crippen molar-refractivity contribution < 1.29 is 19.4 Å². The number of carboxylic acid groups (broad SMARTS) is 1. The molecule has 0 aromatic rings. The number of hydrogen-bond acceptors (Lipinski definition) is 5. The van der Waals surface area contributed by atoms with Crippen molar-refractivity contribution in [3.05, 3.63) is 0 Å². The molecule has 4 nitrogen and oxygen atoms in total. The van der Waals surface area contributed by atoms with E-state index in [1.165, 1.54) is 10.8 Å². The minimum Gasteiger partial charge on any atom is -0.481 e. The van der Waals surface area contributed by atoms with Gasteiger partial charge in [0.1, 0.15) is 6.61 Å². The Morgan fingerprint density at radius 1 is 1.60 bits per heavy atom. The summed E-state index contributed by atoms with van der Waals surface area (Å²) in [5.41, 5.74) is 0. The Kier molecular flexibility index (Phi) is 8.70. The number of hydrogen-bond donors (Lipinski definition) is 1. The predicted octanol–water partition coefficient (Wildman–Crippen LogP) is 2.04. The van der Waals surface area contributed by atoms with Crippen LogP contribution >= 0.6 is 21.6 Å². The fourth-order valence-corrected chi connectivity index (χ4v) is 3.56.